The molecule has 0 radical (unpaired) electrons. The number of nitrogens with zero attached hydrogens (tertiary/aromatic N) is 3. The van der Waals surface area contributed by atoms with E-state index in [1.165, 1.54) is 23.6 Å². The predicted molar refractivity (Wildman–Crippen MR) is 129 cm³/mol. The first-order valence-electron chi connectivity index (χ1n) is 10.7. The highest BCUT2D eigenvalue weighted by Gasteiger charge is 2.58. The first kappa shape index (κ1) is 27.0. The summed E-state index contributed by atoms with van der Waals surface area (Å²) in [6.07, 6.45) is 2.29. The Morgan fingerprint density at radius 2 is 1.89 bits per heavy atom. The van der Waals surface area contributed by atoms with Crippen LogP contribution in [0.4, 0.5) is 5.13 Å². The monoisotopic (exact) mass is 520 g/mol. The Kier molecular flexibility index (Phi) is 7.10. The Balaban J connectivity index is 2.05. The summed E-state index contributed by atoms with van der Waals surface area (Å²) in [4.78, 5) is 54.8. The highest BCUT2D eigenvalue weighted by atomic mass is 32.1. The van der Waals surface area contributed by atoms with Crippen molar-refractivity contribution in [2.24, 2.45) is 17.6 Å². The number of aliphatic carboxylic acids is 2. The lowest BCUT2D eigenvalue weighted by Crippen LogP contribution is -2.57. The molecular weight excluding hydrogens is 492 g/mol. The van der Waals surface area contributed by atoms with E-state index in [1.807, 2.05) is 0 Å². The summed E-state index contributed by atoms with van der Waals surface area (Å²) in [5.74, 6) is -6.82. The Morgan fingerprint density at radius 3 is 2.33 bits per heavy atom. The number of carbonyl (C=O) groups excluding carboxylic acids is 2. The van der Waals surface area contributed by atoms with Crippen molar-refractivity contribution in [3.05, 3.63) is 47.7 Å². The molecule has 4 atom stereocenters. The SMILES string of the molecule is C=CC(C(=O)O)C1=C(C(C=C)C(=O)O)C(C)(C)N2C[C@H](NC(=O)C(N)(OC)c3csc(N)n3)C(=O)N12. The van der Waals surface area contributed by atoms with Gasteiger partial charge in [-0.1, -0.05) is 12.2 Å². The third-order valence-electron chi connectivity index (χ3n) is 6.39. The van der Waals surface area contributed by atoms with Crippen molar-refractivity contribution in [1.82, 2.24) is 20.3 Å². The predicted octanol–water partition coefficient (Wildman–Crippen LogP) is -0.153. The first-order valence-corrected chi connectivity index (χ1v) is 11.6. The smallest absolute Gasteiger partial charge is 0.316 e. The summed E-state index contributed by atoms with van der Waals surface area (Å²) in [6, 6.07) is -1.16. The van der Waals surface area contributed by atoms with E-state index in [0.717, 1.165) is 22.4 Å². The Labute approximate surface area is 210 Å². The van der Waals surface area contributed by atoms with Gasteiger partial charge >= 0.3 is 11.9 Å². The minimum Gasteiger partial charge on any atom is -0.481 e. The van der Waals surface area contributed by atoms with Crippen LogP contribution in [-0.4, -0.2) is 74.2 Å². The van der Waals surface area contributed by atoms with Crippen molar-refractivity contribution in [2.75, 3.05) is 19.4 Å². The van der Waals surface area contributed by atoms with Crippen LogP contribution in [0.2, 0.25) is 0 Å². The Morgan fingerprint density at radius 1 is 1.31 bits per heavy atom. The number of ether oxygens (including phenoxy) is 1. The van der Waals surface area contributed by atoms with Crippen molar-refractivity contribution < 1.29 is 34.1 Å². The third kappa shape index (κ3) is 4.07. The van der Waals surface area contributed by atoms with Gasteiger partial charge in [-0.15, -0.1) is 24.5 Å². The average molecular weight is 521 g/mol. The maximum atomic E-state index is 13.6. The van der Waals surface area contributed by atoms with Crippen LogP contribution in [0.25, 0.3) is 0 Å². The number of hydrogen-bond donors (Lipinski definition) is 5. The molecule has 0 bridgehead atoms. The zero-order valence-corrected chi connectivity index (χ0v) is 20.7. The third-order valence-corrected chi connectivity index (χ3v) is 7.06. The summed E-state index contributed by atoms with van der Waals surface area (Å²) in [5, 5.41) is 26.4. The van der Waals surface area contributed by atoms with Crippen molar-refractivity contribution in [1.29, 1.82) is 0 Å². The molecule has 2 aliphatic rings. The van der Waals surface area contributed by atoms with Crippen molar-refractivity contribution in [2.45, 2.75) is 31.2 Å². The molecule has 2 amide bonds. The van der Waals surface area contributed by atoms with E-state index in [2.05, 4.69) is 23.5 Å². The molecule has 0 saturated carbocycles. The van der Waals surface area contributed by atoms with Gasteiger partial charge in [-0.05, 0) is 19.4 Å². The van der Waals surface area contributed by atoms with Crippen molar-refractivity contribution in [3.8, 4) is 0 Å². The fraction of sp³-hybridized carbons (Fsp3) is 0.409. The van der Waals surface area contributed by atoms with Gasteiger partial charge in [-0.3, -0.25) is 24.9 Å². The number of thiazole rings is 1. The number of anilines is 1. The molecule has 7 N–H and O–H groups in total. The van der Waals surface area contributed by atoms with E-state index >= 15 is 0 Å². The highest BCUT2D eigenvalue weighted by molar-refractivity contribution is 7.13. The van der Waals surface area contributed by atoms with Gasteiger partial charge in [0.1, 0.15) is 17.7 Å². The molecule has 2 aliphatic heterocycles. The van der Waals surface area contributed by atoms with E-state index in [9.17, 15) is 29.4 Å². The number of carbonyl (C=O) groups is 4. The van der Waals surface area contributed by atoms with Crippen LogP contribution in [-0.2, 0) is 29.6 Å². The lowest BCUT2D eigenvalue weighted by molar-refractivity contribution is -0.148. The number of methoxy groups -OCH3 is 1. The zero-order valence-electron chi connectivity index (χ0n) is 19.9. The van der Waals surface area contributed by atoms with Gasteiger partial charge in [0.25, 0.3) is 11.8 Å². The molecule has 194 valence electrons. The van der Waals surface area contributed by atoms with Gasteiger partial charge in [0.15, 0.2) is 5.13 Å². The Bertz CT molecular complexity index is 1180. The molecule has 0 aliphatic carbocycles. The lowest BCUT2D eigenvalue weighted by atomic mass is 9.80. The molecule has 3 rings (SSSR count). The standard InChI is InChI=1S/C22H28N6O7S/c1-6-10(17(30)31)14-15(11(7-2)18(32)33)28-16(29)12(8-27(28)21(14,3)4)25-19(34)22(24,35-5)13-9-36-20(23)26-13/h6-7,9-12H,1-2,8,24H2,3-5H3,(H2,23,26)(H,25,34)(H,30,31)(H,32,33)/t10?,11?,12-,22?/m0/s1. The lowest BCUT2D eigenvalue weighted by Gasteiger charge is -2.34. The molecular formula is C22H28N6O7S. The largest absolute Gasteiger partial charge is 0.481 e. The molecule has 1 fully saturated rings. The summed E-state index contributed by atoms with van der Waals surface area (Å²) < 4.78 is 5.22. The number of carboxylic acids is 2. The number of nitrogens with one attached hydrogen (secondary N) is 1. The van der Waals surface area contributed by atoms with E-state index < -0.39 is 52.9 Å². The van der Waals surface area contributed by atoms with Crippen LogP contribution in [0.3, 0.4) is 0 Å². The van der Waals surface area contributed by atoms with Gasteiger partial charge in [0.2, 0.25) is 5.72 Å². The maximum Gasteiger partial charge on any atom is 0.316 e. The van der Waals surface area contributed by atoms with Crippen molar-refractivity contribution in [3.63, 3.8) is 0 Å². The molecule has 13 nitrogen and oxygen atoms in total. The van der Waals surface area contributed by atoms with E-state index in [4.69, 9.17) is 16.2 Å². The number of rotatable bonds is 10. The fourth-order valence-electron chi connectivity index (χ4n) is 4.55. The number of amides is 2. The second-order valence-corrected chi connectivity index (χ2v) is 9.62. The van der Waals surface area contributed by atoms with Crippen LogP contribution < -0.4 is 16.8 Å². The van der Waals surface area contributed by atoms with Crippen LogP contribution in [0.1, 0.15) is 19.5 Å². The molecule has 36 heavy (non-hydrogen) atoms. The van der Waals surface area contributed by atoms with Gasteiger partial charge in [0.05, 0.1) is 17.2 Å². The zero-order chi connectivity index (χ0) is 27.2. The molecule has 1 saturated heterocycles. The minimum absolute atomic E-state index is 0.0485. The highest BCUT2D eigenvalue weighted by Crippen LogP contribution is 2.47. The van der Waals surface area contributed by atoms with Crippen LogP contribution in [0.5, 0.6) is 0 Å². The van der Waals surface area contributed by atoms with Crippen LogP contribution >= 0.6 is 11.3 Å². The minimum atomic E-state index is -2.04. The summed E-state index contributed by atoms with van der Waals surface area (Å²) in [5.41, 5.74) is 8.79. The van der Waals surface area contributed by atoms with E-state index in [0.29, 0.717) is 0 Å². The summed E-state index contributed by atoms with van der Waals surface area (Å²) in [6.45, 7) is 10.4. The number of nitrogens with two attached hydrogens (primary N) is 2. The molecule has 1 aromatic rings. The number of nitrogen functional groups attached to an aromatic ring is 1. The number of fused-ring (bicyclic) bond motifs is 1. The summed E-state index contributed by atoms with van der Waals surface area (Å²) in [7, 11) is 1.20. The molecule has 0 aromatic carbocycles. The van der Waals surface area contributed by atoms with E-state index in [-0.39, 0.29) is 28.6 Å². The number of aromatic nitrogens is 1. The van der Waals surface area contributed by atoms with Gasteiger partial charge in [0, 0.05) is 19.0 Å². The van der Waals surface area contributed by atoms with Crippen LogP contribution in [0, 0.1) is 11.8 Å². The Hall–Kier alpha value is -3.59. The number of carboxylic acid groups (broad SMARTS) is 2. The second kappa shape index (κ2) is 9.46. The van der Waals surface area contributed by atoms with Gasteiger partial charge < -0.3 is 26.0 Å². The van der Waals surface area contributed by atoms with Gasteiger partial charge in [-0.25, -0.2) is 15.0 Å². The maximum absolute atomic E-state index is 13.6. The molecule has 3 unspecified atom stereocenters. The second-order valence-electron chi connectivity index (χ2n) is 8.73. The topological polar surface area (TPSA) is 201 Å². The van der Waals surface area contributed by atoms with Crippen LogP contribution in [0.15, 0.2) is 42.0 Å². The number of hydrazine groups is 1. The van der Waals surface area contributed by atoms with E-state index in [1.54, 1.807) is 13.8 Å². The molecule has 14 heteroatoms. The molecule has 1 aromatic heterocycles. The summed E-state index contributed by atoms with van der Waals surface area (Å²) >= 11 is 1.05. The normalized spacial score (nSPS) is 22.5. The van der Waals surface area contributed by atoms with Crippen molar-refractivity contribution >= 4 is 40.2 Å². The quantitative estimate of drug-likeness (QED) is 0.203. The molecule has 0 spiro atoms. The fourth-order valence-corrected chi connectivity index (χ4v) is 5.16. The first-order chi connectivity index (χ1) is 16.8. The average Bonchev–Trinajstić information content (AvgIpc) is 3.44. The molecule has 3 heterocycles. The van der Waals surface area contributed by atoms with Gasteiger partial charge in [-0.2, -0.15) is 0 Å². The number of hydrogen-bond acceptors (Lipinski definition) is 10.